The van der Waals surface area contributed by atoms with Crippen LogP contribution in [0.3, 0.4) is 0 Å². The number of aromatic nitrogens is 6. The second-order valence-corrected chi connectivity index (χ2v) is 9.14. The third-order valence-electron chi connectivity index (χ3n) is 7.02. The van der Waals surface area contributed by atoms with E-state index in [0.29, 0.717) is 37.0 Å². The van der Waals surface area contributed by atoms with E-state index in [2.05, 4.69) is 15.2 Å². The number of amides is 1. The van der Waals surface area contributed by atoms with Gasteiger partial charge < -0.3 is 10.0 Å². The van der Waals surface area contributed by atoms with Crippen molar-refractivity contribution in [3.05, 3.63) is 53.2 Å². The van der Waals surface area contributed by atoms with Crippen molar-refractivity contribution >= 4 is 38.9 Å². The number of hydrogen-bond donors (Lipinski definition) is 2. The van der Waals surface area contributed by atoms with Crippen LogP contribution in [0.15, 0.2) is 47.5 Å². The first kappa shape index (κ1) is 21.5. The largest absolute Gasteiger partial charge is 0.384 e. The number of carbonyl (C=O) groups excluding carboxylic acids is 1. The molecule has 4 aromatic heterocycles. The Morgan fingerprint density at radius 3 is 2.74 bits per heavy atom. The molecule has 2 N–H and O–H groups in total. The Bertz CT molecular complexity index is 1650. The van der Waals surface area contributed by atoms with E-state index in [1.807, 2.05) is 34.9 Å². The number of hydrogen-bond acceptors (Lipinski definition) is 6. The predicted octanol–water partition coefficient (Wildman–Crippen LogP) is 2.37. The Labute approximate surface area is 199 Å². The van der Waals surface area contributed by atoms with Gasteiger partial charge in [0.15, 0.2) is 0 Å². The number of aliphatic hydroxyl groups excluding tert-OH is 1. The fourth-order valence-corrected chi connectivity index (χ4v) is 5.18. The van der Waals surface area contributed by atoms with Crippen LogP contribution in [-0.4, -0.2) is 64.4 Å². The van der Waals surface area contributed by atoms with E-state index in [9.17, 15) is 14.7 Å². The second kappa shape index (κ2) is 8.02. The average molecular weight is 472 g/mol. The lowest BCUT2D eigenvalue weighted by molar-refractivity contribution is -0.140. The van der Waals surface area contributed by atoms with Gasteiger partial charge in [-0.2, -0.15) is 5.10 Å². The smallest absolute Gasteiger partial charge is 0.329 e. The lowest BCUT2D eigenvalue weighted by atomic mass is 10.0. The van der Waals surface area contributed by atoms with Crippen LogP contribution in [0.4, 0.5) is 0 Å². The van der Waals surface area contributed by atoms with Gasteiger partial charge in [0, 0.05) is 37.1 Å². The van der Waals surface area contributed by atoms with E-state index in [1.165, 1.54) is 6.92 Å². The standard InChI is InChI=1S/C25H25N7O3/c1-14(33)24(34)31-10-8-15(9-11-31)32-23-21(30(2)25(32)35)13-26-20-7-6-18(28-22(20)23)16-4-3-5-19-17(16)12-27-29-19/h3-7,12-15,33H,8-11H2,1-2H3,(H,27,29). The molecule has 178 valence electrons. The van der Waals surface area contributed by atoms with Gasteiger partial charge in [0.2, 0.25) is 0 Å². The fraction of sp³-hybridized carbons (Fsp3) is 0.320. The summed E-state index contributed by atoms with van der Waals surface area (Å²) in [4.78, 5) is 36.9. The zero-order valence-corrected chi connectivity index (χ0v) is 19.5. The summed E-state index contributed by atoms with van der Waals surface area (Å²) in [5.74, 6) is -0.275. The molecule has 1 unspecified atom stereocenters. The maximum atomic E-state index is 13.4. The van der Waals surface area contributed by atoms with Gasteiger partial charge in [-0.1, -0.05) is 12.1 Å². The maximum absolute atomic E-state index is 13.4. The third-order valence-corrected chi connectivity index (χ3v) is 7.02. The van der Waals surface area contributed by atoms with Gasteiger partial charge in [0.25, 0.3) is 5.91 Å². The minimum Gasteiger partial charge on any atom is -0.384 e. The van der Waals surface area contributed by atoms with Gasteiger partial charge in [-0.15, -0.1) is 0 Å². The highest BCUT2D eigenvalue weighted by atomic mass is 16.3. The monoisotopic (exact) mass is 471 g/mol. The molecule has 0 radical (unpaired) electrons. The molecule has 10 heteroatoms. The number of fused-ring (bicyclic) bond motifs is 4. The number of aromatic amines is 1. The molecular formula is C25H25N7O3. The van der Waals surface area contributed by atoms with Crippen LogP contribution in [0.1, 0.15) is 25.8 Å². The Kier molecular flexibility index (Phi) is 4.92. The quantitative estimate of drug-likeness (QED) is 0.417. The fourth-order valence-electron chi connectivity index (χ4n) is 5.18. The molecule has 0 saturated carbocycles. The van der Waals surface area contributed by atoms with E-state index in [1.54, 1.807) is 28.9 Å². The lowest BCUT2D eigenvalue weighted by Crippen LogP contribution is -2.44. The lowest BCUT2D eigenvalue weighted by Gasteiger charge is -2.33. The van der Waals surface area contributed by atoms with E-state index < -0.39 is 6.10 Å². The van der Waals surface area contributed by atoms with E-state index in [0.717, 1.165) is 33.2 Å². The summed E-state index contributed by atoms with van der Waals surface area (Å²) < 4.78 is 3.43. The third kappa shape index (κ3) is 3.32. The van der Waals surface area contributed by atoms with Crippen LogP contribution in [0.5, 0.6) is 0 Å². The molecule has 1 aromatic carbocycles. The van der Waals surface area contributed by atoms with Crippen LogP contribution in [0.2, 0.25) is 0 Å². The van der Waals surface area contributed by atoms with Crippen LogP contribution < -0.4 is 5.69 Å². The molecule has 35 heavy (non-hydrogen) atoms. The molecule has 1 aliphatic heterocycles. The molecule has 0 aliphatic carbocycles. The average Bonchev–Trinajstić information content (AvgIpc) is 3.46. The van der Waals surface area contributed by atoms with Crippen molar-refractivity contribution in [3.8, 4) is 11.3 Å². The van der Waals surface area contributed by atoms with Crippen LogP contribution in [0.25, 0.3) is 44.2 Å². The van der Waals surface area contributed by atoms with E-state index in [4.69, 9.17) is 4.98 Å². The van der Waals surface area contributed by atoms with E-state index in [-0.39, 0.29) is 17.6 Å². The molecule has 5 heterocycles. The summed E-state index contributed by atoms with van der Waals surface area (Å²) in [6.45, 7) is 2.46. The van der Waals surface area contributed by atoms with Gasteiger partial charge in [-0.05, 0) is 38.0 Å². The Morgan fingerprint density at radius 2 is 1.97 bits per heavy atom. The molecule has 1 amide bonds. The van der Waals surface area contributed by atoms with Crippen molar-refractivity contribution < 1.29 is 9.90 Å². The van der Waals surface area contributed by atoms with Gasteiger partial charge in [0.05, 0.1) is 40.2 Å². The first-order chi connectivity index (χ1) is 16.9. The number of nitrogens with one attached hydrogen (secondary N) is 1. The van der Waals surface area contributed by atoms with Gasteiger partial charge >= 0.3 is 5.69 Å². The highest BCUT2D eigenvalue weighted by Gasteiger charge is 2.29. The summed E-state index contributed by atoms with van der Waals surface area (Å²) in [5, 5.41) is 17.8. The zero-order chi connectivity index (χ0) is 24.3. The summed E-state index contributed by atoms with van der Waals surface area (Å²) >= 11 is 0. The van der Waals surface area contributed by atoms with Crippen LogP contribution >= 0.6 is 0 Å². The van der Waals surface area contributed by atoms with Crippen LogP contribution in [-0.2, 0) is 11.8 Å². The molecular weight excluding hydrogens is 446 g/mol. The van der Waals surface area contributed by atoms with Crippen molar-refractivity contribution in [2.24, 2.45) is 7.05 Å². The number of H-pyrrole nitrogens is 1. The number of rotatable bonds is 3. The summed E-state index contributed by atoms with van der Waals surface area (Å²) in [6.07, 6.45) is 3.73. The van der Waals surface area contributed by atoms with Crippen molar-refractivity contribution in [2.75, 3.05) is 13.1 Å². The topological polar surface area (TPSA) is 122 Å². The molecule has 0 spiro atoms. The molecule has 1 atom stereocenters. The van der Waals surface area contributed by atoms with Gasteiger partial charge in [-0.25, -0.2) is 9.78 Å². The van der Waals surface area contributed by atoms with Crippen molar-refractivity contribution in [1.29, 1.82) is 0 Å². The summed E-state index contributed by atoms with van der Waals surface area (Å²) in [6, 6.07) is 9.72. The zero-order valence-electron chi connectivity index (χ0n) is 19.5. The normalized spacial score (nSPS) is 15.9. The number of imidazole rings is 1. The Hall–Kier alpha value is -4.05. The van der Waals surface area contributed by atoms with Crippen molar-refractivity contribution in [3.63, 3.8) is 0 Å². The number of nitrogens with zero attached hydrogens (tertiary/aromatic N) is 6. The summed E-state index contributed by atoms with van der Waals surface area (Å²) in [5.41, 5.74) is 5.38. The molecule has 6 rings (SSSR count). The number of aliphatic hydroxyl groups is 1. The van der Waals surface area contributed by atoms with Gasteiger partial charge in [0.1, 0.15) is 11.6 Å². The number of carbonyl (C=O) groups is 1. The molecule has 1 saturated heterocycles. The number of aryl methyl sites for hydroxylation is 1. The second-order valence-electron chi connectivity index (χ2n) is 9.14. The van der Waals surface area contributed by atoms with E-state index >= 15 is 0 Å². The highest BCUT2D eigenvalue weighted by Crippen LogP contribution is 2.32. The van der Waals surface area contributed by atoms with Gasteiger partial charge in [-0.3, -0.25) is 24.0 Å². The van der Waals surface area contributed by atoms with Crippen molar-refractivity contribution in [2.45, 2.75) is 31.9 Å². The van der Waals surface area contributed by atoms with Crippen LogP contribution in [0, 0.1) is 0 Å². The number of likely N-dealkylation sites (tertiary alicyclic amines) is 1. The minimum atomic E-state index is -1.02. The summed E-state index contributed by atoms with van der Waals surface area (Å²) in [7, 11) is 1.75. The Morgan fingerprint density at radius 1 is 1.17 bits per heavy atom. The number of benzene rings is 1. The molecule has 0 bridgehead atoms. The first-order valence-corrected chi connectivity index (χ1v) is 11.7. The number of piperidine rings is 1. The Balaban J connectivity index is 1.50. The molecule has 5 aromatic rings. The maximum Gasteiger partial charge on any atom is 0.329 e. The molecule has 1 fully saturated rings. The SMILES string of the molecule is CC(O)C(=O)N1CCC(n2c(=O)n(C)c3cnc4ccc(-c5cccc6[nH]ncc56)nc4c32)CC1. The van der Waals surface area contributed by atoms with Crippen molar-refractivity contribution in [1.82, 2.24) is 34.2 Å². The predicted molar refractivity (Wildman–Crippen MR) is 132 cm³/mol. The minimum absolute atomic E-state index is 0.0855. The first-order valence-electron chi connectivity index (χ1n) is 11.7. The highest BCUT2D eigenvalue weighted by molar-refractivity contribution is 6.02. The number of pyridine rings is 2. The molecule has 1 aliphatic rings. The molecule has 10 nitrogen and oxygen atoms in total.